The first-order valence-corrected chi connectivity index (χ1v) is 10.5. The minimum Gasteiger partial charge on any atom is -0.348 e. The van der Waals surface area contributed by atoms with Gasteiger partial charge in [-0.3, -0.25) is 4.98 Å². The standard InChI is InChI=1S/C26H28BN3/c1-16-11-18(3)24(19(4)12-16)27(25-20(5)13-17(2)14-21(25)6)23-15-29-26(30-23)22-9-7-8-10-28-22/h7-15H,1-6H3,(H,29,30). The number of hydrogen-bond acceptors (Lipinski definition) is 2. The Morgan fingerprint density at radius 2 is 1.23 bits per heavy atom. The van der Waals surface area contributed by atoms with Crippen LogP contribution in [0.25, 0.3) is 11.5 Å². The lowest BCUT2D eigenvalue weighted by atomic mass is 9.36. The number of nitrogens with zero attached hydrogens (tertiary/aromatic N) is 2. The van der Waals surface area contributed by atoms with Crippen LogP contribution in [0.2, 0.25) is 0 Å². The zero-order chi connectivity index (χ0) is 21.4. The highest BCUT2D eigenvalue weighted by Crippen LogP contribution is 2.14. The average molecular weight is 393 g/mol. The topological polar surface area (TPSA) is 41.6 Å². The van der Waals surface area contributed by atoms with E-state index in [0.717, 1.165) is 17.1 Å². The predicted molar refractivity (Wildman–Crippen MR) is 128 cm³/mol. The molecule has 0 atom stereocenters. The Balaban J connectivity index is 1.96. The third-order valence-corrected chi connectivity index (χ3v) is 5.87. The highest BCUT2D eigenvalue weighted by Gasteiger charge is 2.30. The Labute approximate surface area is 179 Å². The fraction of sp³-hybridized carbons (Fsp3) is 0.231. The van der Waals surface area contributed by atoms with Crippen molar-refractivity contribution in [1.82, 2.24) is 15.0 Å². The lowest BCUT2D eigenvalue weighted by Crippen LogP contribution is -2.56. The highest BCUT2D eigenvalue weighted by atomic mass is 14.9. The number of imidazole rings is 1. The molecule has 0 unspecified atom stereocenters. The van der Waals surface area contributed by atoms with Gasteiger partial charge in [0.2, 0.25) is 0 Å². The fourth-order valence-electron chi connectivity index (χ4n) is 4.86. The van der Waals surface area contributed by atoms with Gasteiger partial charge in [0.25, 0.3) is 6.71 Å². The Bertz CT molecular complexity index is 1100. The molecule has 2 aromatic heterocycles. The molecule has 4 heteroatoms. The van der Waals surface area contributed by atoms with E-state index >= 15 is 0 Å². The summed E-state index contributed by atoms with van der Waals surface area (Å²) in [4.78, 5) is 12.8. The number of aryl methyl sites for hydroxylation is 6. The molecule has 4 aromatic rings. The van der Waals surface area contributed by atoms with Crippen molar-refractivity contribution in [3.8, 4) is 11.5 Å². The van der Waals surface area contributed by atoms with Gasteiger partial charge in [0, 0.05) is 18.0 Å². The van der Waals surface area contributed by atoms with Gasteiger partial charge in [-0.1, -0.05) is 74.6 Å². The Morgan fingerprint density at radius 3 is 1.70 bits per heavy atom. The molecule has 2 heterocycles. The van der Waals surface area contributed by atoms with E-state index in [0.29, 0.717) is 0 Å². The normalized spacial score (nSPS) is 11.0. The SMILES string of the molecule is Cc1cc(C)c(B(c2cnc(-c3ccccn3)[nH]2)c2c(C)cc(C)cc2C)c(C)c1. The summed E-state index contributed by atoms with van der Waals surface area (Å²) >= 11 is 0. The summed E-state index contributed by atoms with van der Waals surface area (Å²) in [6, 6.07) is 15.0. The number of nitrogens with one attached hydrogen (secondary N) is 1. The summed E-state index contributed by atoms with van der Waals surface area (Å²) in [6.07, 6.45) is 3.78. The Hall–Kier alpha value is -3.14. The number of aromatic amines is 1. The maximum Gasteiger partial charge on any atom is 0.265 e. The first-order chi connectivity index (χ1) is 14.3. The zero-order valence-corrected chi connectivity index (χ0v) is 18.7. The van der Waals surface area contributed by atoms with E-state index in [-0.39, 0.29) is 6.71 Å². The van der Waals surface area contributed by atoms with Crippen molar-refractivity contribution in [3.63, 3.8) is 0 Å². The van der Waals surface area contributed by atoms with E-state index in [4.69, 9.17) is 4.98 Å². The molecule has 0 amide bonds. The zero-order valence-electron chi connectivity index (χ0n) is 18.7. The van der Waals surface area contributed by atoms with Crippen molar-refractivity contribution in [1.29, 1.82) is 0 Å². The van der Waals surface area contributed by atoms with Gasteiger partial charge >= 0.3 is 0 Å². The van der Waals surface area contributed by atoms with E-state index in [1.807, 2.05) is 24.4 Å². The van der Waals surface area contributed by atoms with Crippen LogP contribution in [-0.4, -0.2) is 21.7 Å². The molecule has 0 aliphatic rings. The lowest BCUT2D eigenvalue weighted by Gasteiger charge is -2.23. The monoisotopic (exact) mass is 393 g/mol. The van der Waals surface area contributed by atoms with Crippen LogP contribution in [0.4, 0.5) is 0 Å². The number of H-pyrrole nitrogens is 1. The minimum absolute atomic E-state index is 0.0937. The number of pyridine rings is 1. The van der Waals surface area contributed by atoms with Crippen LogP contribution >= 0.6 is 0 Å². The van der Waals surface area contributed by atoms with Crippen molar-refractivity contribution in [2.24, 2.45) is 0 Å². The number of benzene rings is 2. The van der Waals surface area contributed by atoms with Crippen molar-refractivity contribution >= 4 is 23.2 Å². The number of aromatic nitrogens is 3. The van der Waals surface area contributed by atoms with Crippen LogP contribution in [0.1, 0.15) is 33.4 Å². The van der Waals surface area contributed by atoms with Crippen LogP contribution in [0.3, 0.4) is 0 Å². The van der Waals surface area contributed by atoms with E-state index in [2.05, 4.69) is 75.8 Å². The molecule has 1 N–H and O–H groups in total. The van der Waals surface area contributed by atoms with Gasteiger partial charge in [0.05, 0.1) is 0 Å². The summed E-state index contributed by atoms with van der Waals surface area (Å²) in [7, 11) is 0. The van der Waals surface area contributed by atoms with Gasteiger partial charge < -0.3 is 4.98 Å². The van der Waals surface area contributed by atoms with Crippen LogP contribution in [-0.2, 0) is 0 Å². The summed E-state index contributed by atoms with van der Waals surface area (Å²) < 4.78 is 0. The van der Waals surface area contributed by atoms with E-state index in [1.54, 1.807) is 6.20 Å². The second kappa shape index (κ2) is 7.94. The van der Waals surface area contributed by atoms with E-state index in [9.17, 15) is 0 Å². The molecule has 0 aliphatic heterocycles. The maximum absolute atomic E-state index is 4.69. The van der Waals surface area contributed by atoms with Gasteiger partial charge in [-0.2, -0.15) is 0 Å². The van der Waals surface area contributed by atoms with E-state index < -0.39 is 0 Å². The molecule has 0 spiro atoms. The van der Waals surface area contributed by atoms with Gasteiger partial charge in [-0.15, -0.1) is 0 Å². The molecular formula is C26H28BN3. The van der Waals surface area contributed by atoms with Crippen molar-refractivity contribution in [2.75, 3.05) is 0 Å². The largest absolute Gasteiger partial charge is 0.348 e. The summed E-state index contributed by atoms with van der Waals surface area (Å²) in [6.45, 7) is 13.3. The molecule has 0 fully saturated rings. The third-order valence-electron chi connectivity index (χ3n) is 5.87. The first-order valence-electron chi connectivity index (χ1n) is 10.5. The molecule has 0 saturated heterocycles. The number of rotatable bonds is 4. The Morgan fingerprint density at radius 1 is 0.700 bits per heavy atom. The van der Waals surface area contributed by atoms with Crippen molar-refractivity contribution in [2.45, 2.75) is 41.5 Å². The van der Waals surface area contributed by atoms with Crippen LogP contribution in [0.5, 0.6) is 0 Å². The first kappa shape index (κ1) is 20.2. The van der Waals surface area contributed by atoms with Crippen molar-refractivity contribution in [3.05, 3.63) is 88.2 Å². The lowest BCUT2D eigenvalue weighted by molar-refractivity contribution is 1.23. The second-order valence-corrected chi connectivity index (χ2v) is 8.46. The molecule has 150 valence electrons. The number of hydrogen-bond donors (Lipinski definition) is 1. The van der Waals surface area contributed by atoms with Crippen LogP contribution < -0.4 is 16.5 Å². The van der Waals surface area contributed by atoms with Crippen LogP contribution in [0, 0.1) is 41.5 Å². The second-order valence-electron chi connectivity index (χ2n) is 8.46. The van der Waals surface area contributed by atoms with Crippen LogP contribution in [0.15, 0.2) is 54.9 Å². The van der Waals surface area contributed by atoms with Gasteiger partial charge in [0.15, 0.2) is 5.82 Å². The molecule has 3 nitrogen and oxygen atoms in total. The predicted octanol–water partition coefficient (Wildman–Crippen LogP) is 3.84. The summed E-state index contributed by atoms with van der Waals surface area (Å²) in [5.74, 6) is 0.806. The van der Waals surface area contributed by atoms with Gasteiger partial charge in [-0.05, 0) is 53.7 Å². The quantitative estimate of drug-likeness (QED) is 0.536. The molecule has 0 saturated carbocycles. The Kier molecular flexibility index (Phi) is 5.34. The minimum atomic E-state index is 0.0937. The summed E-state index contributed by atoms with van der Waals surface area (Å²) in [5.41, 5.74) is 12.5. The molecular weight excluding hydrogens is 365 g/mol. The molecule has 0 aliphatic carbocycles. The fourth-order valence-corrected chi connectivity index (χ4v) is 4.86. The molecule has 4 rings (SSSR count). The molecule has 0 radical (unpaired) electrons. The molecule has 30 heavy (non-hydrogen) atoms. The smallest absolute Gasteiger partial charge is 0.265 e. The van der Waals surface area contributed by atoms with E-state index in [1.165, 1.54) is 44.3 Å². The average Bonchev–Trinajstić information content (AvgIpc) is 3.16. The molecule has 0 bridgehead atoms. The van der Waals surface area contributed by atoms with Gasteiger partial charge in [-0.25, -0.2) is 4.98 Å². The van der Waals surface area contributed by atoms with Gasteiger partial charge in [0.1, 0.15) is 5.69 Å². The highest BCUT2D eigenvalue weighted by molar-refractivity contribution is 6.96. The maximum atomic E-state index is 4.69. The third kappa shape index (κ3) is 3.70. The summed E-state index contributed by atoms with van der Waals surface area (Å²) in [5, 5.41) is 0. The molecule has 2 aromatic carbocycles. The van der Waals surface area contributed by atoms with Crippen molar-refractivity contribution < 1.29 is 0 Å².